The number of carbonyl (C=O) groups is 2. The molecule has 2 N–H and O–H groups in total. The van der Waals surface area contributed by atoms with Crippen LogP contribution in [0.5, 0.6) is 0 Å². The van der Waals surface area contributed by atoms with E-state index in [0.717, 1.165) is 10.9 Å². The Hall–Kier alpha value is -3.49. The van der Waals surface area contributed by atoms with Gasteiger partial charge >= 0.3 is 0 Å². The molecule has 4 rings (SSSR count). The number of benzene rings is 1. The number of carbonyl (C=O) groups excluding carboxylic acids is 2. The molecule has 1 aliphatic rings. The van der Waals surface area contributed by atoms with Crippen LogP contribution >= 0.6 is 0 Å². The third kappa shape index (κ3) is 3.63. The summed E-state index contributed by atoms with van der Waals surface area (Å²) < 4.78 is 1.61. The number of nitrogens with zero attached hydrogens (tertiary/aromatic N) is 6. The fourth-order valence-electron chi connectivity index (χ4n) is 3.51. The molecule has 1 saturated heterocycles. The number of piperazine rings is 1. The Kier molecular flexibility index (Phi) is 4.87. The van der Waals surface area contributed by atoms with Gasteiger partial charge in [-0.25, -0.2) is 9.97 Å². The zero-order valence-electron chi connectivity index (χ0n) is 16.4. The standard InChI is InChI=1S/C20H23N7O2/c1-13-10-22-20(23-11-13)26-8-6-25(7-9-26)19(29)14(2)27-12-15-4-3-5-16(18(21)28)17(15)24-27/h3-5,10-12,14H,6-9H2,1-2H3,(H2,21,28). The minimum Gasteiger partial charge on any atom is -0.366 e. The van der Waals surface area contributed by atoms with Crippen molar-refractivity contribution in [3.05, 3.63) is 47.9 Å². The van der Waals surface area contributed by atoms with Crippen molar-refractivity contribution >= 4 is 28.7 Å². The number of fused-ring (bicyclic) bond motifs is 1. The van der Waals surface area contributed by atoms with E-state index in [1.54, 1.807) is 35.4 Å². The topological polar surface area (TPSA) is 110 Å². The maximum absolute atomic E-state index is 13.0. The van der Waals surface area contributed by atoms with Crippen molar-refractivity contribution in [3.8, 4) is 0 Å². The largest absolute Gasteiger partial charge is 0.366 e. The second-order valence-electron chi connectivity index (χ2n) is 7.27. The molecule has 150 valence electrons. The van der Waals surface area contributed by atoms with Crippen molar-refractivity contribution in [2.75, 3.05) is 31.1 Å². The van der Waals surface area contributed by atoms with Crippen LogP contribution in [0.25, 0.3) is 10.9 Å². The van der Waals surface area contributed by atoms with Crippen molar-refractivity contribution in [3.63, 3.8) is 0 Å². The number of hydrogen-bond acceptors (Lipinski definition) is 6. The molecule has 0 radical (unpaired) electrons. The van der Waals surface area contributed by atoms with E-state index >= 15 is 0 Å². The summed E-state index contributed by atoms with van der Waals surface area (Å²) in [6.07, 6.45) is 5.37. The van der Waals surface area contributed by atoms with Gasteiger partial charge in [-0.3, -0.25) is 14.3 Å². The minimum atomic E-state index is -0.533. The Labute approximate surface area is 168 Å². The van der Waals surface area contributed by atoms with Gasteiger partial charge in [0, 0.05) is 50.2 Å². The van der Waals surface area contributed by atoms with Crippen LogP contribution in [0.2, 0.25) is 0 Å². The summed E-state index contributed by atoms with van der Waals surface area (Å²) in [5.41, 5.74) is 7.32. The highest BCUT2D eigenvalue weighted by Crippen LogP contribution is 2.21. The van der Waals surface area contributed by atoms with Crippen molar-refractivity contribution in [1.82, 2.24) is 24.6 Å². The van der Waals surface area contributed by atoms with Crippen LogP contribution in [0, 0.1) is 6.92 Å². The van der Waals surface area contributed by atoms with Gasteiger partial charge in [0.15, 0.2) is 0 Å². The van der Waals surface area contributed by atoms with Crippen LogP contribution in [-0.2, 0) is 4.79 Å². The summed E-state index contributed by atoms with van der Waals surface area (Å²) in [7, 11) is 0. The zero-order valence-corrected chi connectivity index (χ0v) is 16.4. The first-order valence-corrected chi connectivity index (χ1v) is 9.54. The molecular weight excluding hydrogens is 370 g/mol. The van der Waals surface area contributed by atoms with E-state index in [0.29, 0.717) is 43.2 Å². The zero-order chi connectivity index (χ0) is 20.5. The van der Waals surface area contributed by atoms with E-state index < -0.39 is 11.9 Å². The van der Waals surface area contributed by atoms with Crippen LogP contribution < -0.4 is 10.6 Å². The minimum absolute atomic E-state index is 0.0112. The second-order valence-corrected chi connectivity index (χ2v) is 7.27. The van der Waals surface area contributed by atoms with Crippen molar-refractivity contribution < 1.29 is 9.59 Å². The van der Waals surface area contributed by atoms with Gasteiger partial charge in [-0.1, -0.05) is 12.1 Å². The number of rotatable bonds is 4. The number of primary amides is 1. The maximum atomic E-state index is 13.0. The average molecular weight is 393 g/mol. The number of amides is 2. The maximum Gasteiger partial charge on any atom is 0.250 e. The van der Waals surface area contributed by atoms with Gasteiger partial charge in [0.2, 0.25) is 11.9 Å². The fourth-order valence-corrected chi connectivity index (χ4v) is 3.51. The Morgan fingerprint density at radius 2 is 1.79 bits per heavy atom. The van der Waals surface area contributed by atoms with E-state index in [-0.39, 0.29) is 5.91 Å². The van der Waals surface area contributed by atoms with Gasteiger partial charge in [0.25, 0.3) is 5.91 Å². The summed E-state index contributed by atoms with van der Waals surface area (Å²) in [5.74, 6) is 0.144. The first kappa shape index (κ1) is 18.9. The molecule has 3 aromatic rings. The molecule has 9 heteroatoms. The van der Waals surface area contributed by atoms with Crippen molar-refractivity contribution in [2.24, 2.45) is 5.73 Å². The third-order valence-electron chi connectivity index (χ3n) is 5.22. The highest BCUT2D eigenvalue weighted by molar-refractivity contribution is 6.04. The number of hydrogen-bond donors (Lipinski definition) is 1. The Balaban J connectivity index is 1.46. The summed E-state index contributed by atoms with van der Waals surface area (Å²) in [5, 5.41) is 5.24. The first-order valence-electron chi connectivity index (χ1n) is 9.54. The quantitative estimate of drug-likeness (QED) is 0.712. The van der Waals surface area contributed by atoms with Gasteiger partial charge in [-0.15, -0.1) is 0 Å². The summed E-state index contributed by atoms with van der Waals surface area (Å²) in [4.78, 5) is 37.3. The molecule has 0 spiro atoms. The smallest absolute Gasteiger partial charge is 0.250 e. The highest BCUT2D eigenvalue weighted by Gasteiger charge is 2.27. The monoisotopic (exact) mass is 393 g/mol. The molecule has 0 bridgehead atoms. The van der Waals surface area contributed by atoms with E-state index in [4.69, 9.17) is 5.73 Å². The van der Waals surface area contributed by atoms with Crippen molar-refractivity contribution in [1.29, 1.82) is 0 Å². The Morgan fingerprint density at radius 3 is 2.45 bits per heavy atom. The fraction of sp³-hybridized carbons (Fsp3) is 0.350. The van der Waals surface area contributed by atoms with Crippen molar-refractivity contribution in [2.45, 2.75) is 19.9 Å². The van der Waals surface area contributed by atoms with Gasteiger partial charge < -0.3 is 15.5 Å². The van der Waals surface area contributed by atoms with Crippen LogP contribution in [0.1, 0.15) is 28.9 Å². The van der Waals surface area contributed by atoms with E-state index in [9.17, 15) is 9.59 Å². The van der Waals surface area contributed by atoms with E-state index in [1.165, 1.54) is 0 Å². The van der Waals surface area contributed by atoms with E-state index in [2.05, 4.69) is 20.0 Å². The lowest BCUT2D eigenvalue weighted by atomic mass is 10.1. The molecule has 2 aromatic heterocycles. The number of aromatic nitrogens is 4. The van der Waals surface area contributed by atoms with Crippen LogP contribution in [0.15, 0.2) is 36.8 Å². The van der Waals surface area contributed by atoms with Crippen LogP contribution in [0.3, 0.4) is 0 Å². The number of nitrogens with two attached hydrogens (primary N) is 1. The van der Waals surface area contributed by atoms with Gasteiger partial charge in [-0.05, 0) is 25.5 Å². The lowest BCUT2D eigenvalue weighted by Crippen LogP contribution is -2.50. The highest BCUT2D eigenvalue weighted by atomic mass is 16.2. The van der Waals surface area contributed by atoms with Crippen LogP contribution in [-0.4, -0.2) is 62.6 Å². The molecule has 1 unspecified atom stereocenters. The van der Waals surface area contributed by atoms with Gasteiger partial charge in [-0.2, -0.15) is 5.10 Å². The molecule has 0 aliphatic carbocycles. The molecule has 1 atom stereocenters. The summed E-state index contributed by atoms with van der Waals surface area (Å²) in [6, 6.07) is 4.77. The predicted octanol–water partition coefficient (Wildman–Crippen LogP) is 1.14. The SMILES string of the molecule is Cc1cnc(N2CCN(C(=O)C(C)n3cc4cccc(C(N)=O)c4n3)CC2)nc1. The van der Waals surface area contributed by atoms with Crippen LogP contribution in [0.4, 0.5) is 5.95 Å². The molecular formula is C20H23N7O2. The molecule has 1 fully saturated rings. The average Bonchev–Trinajstić information content (AvgIpc) is 3.17. The first-order chi connectivity index (χ1) is 13.9. The lowest BCUT2D eigenvalue weighted by Gasteiger charge is -2.35. The number of anilines is 1. The molecule has 1 aliphatic heterocycles. The third-order valence-corrected chi connectivity index (χ3v) is 5.22. The predicted molar refractivity (Wildman–Crippen MR) is 109 cm³/mol. The van der Waals surface area contributed by atoms with E-state index in [1.807, 2.05) is 24.8 Å². The molecule has 29 heavy (non-hydrogen) atoms. The molecule has 1 aromatic carbocycles. The Morgan fingerprint density at radius 1 is 1.10 bits per heavy atom. The molecule has 3 heterocycles. The summed E-state index contributed by atoms with van der Waals surface area (Å²) in [6.45, 7) is 6.30. The normalized spacial score (nSPS) is 15.5. The van der Waals surface area contributed by atoms with Gasteiger partial charge in [0.1, 0.15) is 11.6 Å². The lowest BCUT2D eigenvalue weighted by molar-refractivity contribution is -0.134. The summed E-state index contributed by atoms with van der Waals surface area (Å²) >= 11 is 0. The molecule has 9 nitrogen and oxygen atoms in total. The molecule has 0 saturated carbocycles. The molecule has 2 amide bonds. The van der Waals surface area contributed by atoms with Gasteiger partial charge in [0.05, 0.1) is 5.56 Å². The second kappa shape index (κ2) is 7.50. The number of aryl methyl sites for hydroxylation is 1. The Bertz CT molecular complexity index is 1050.